The number of aryl methyl sites for hydroxylation is 1. The van der Waals surface area contributed by atoms with Crippen molar-refractivity contribution in [1.29, 1.82) is 0 Å². The molecular formula is C19H20BrN. The number of hydrogen-bond acceptors (Lipinski definition) is 1. The average Bonchev–Trinajstić information content (AvgIpc) is 3.27. The molecule has 0 bridgehead atoms. The molecule has 21 heavy (non-hydrogen) atoms. The molecule has 0 radical (unpaired) electrons. The van der Waals surface area contributed by atoms with Crippen LogP contribution in [0.4, 0.5) is 0 Å². The highest BCUT2D eigenvalue weighted by molar-refractivity contribution is 9.10. The van der Waals surface area contributed by atoms with Gasteiger partial charge >= 0.3 is 0 Å². The number of halogens is 1. The third-order valence-electron chi connectivity index (χ3n) is 4.86. The zero-order chi connectivity index (χ0) is 14.2. The lowest BCUT2D eigenvalue weighted by Gasteiger charge is -2.26. The van der Waals surface area contributed by atoms with Crippen molar-refractivity contribution in [3.05, 3.63) is 69.7 Å². The van der Waals surface area contributed by atoms with E-state index in [-0.39, 0.29) is 0 Å². The maximum absolute atomic E-state index is 3.89. The first-order valence-corrected chi connectivity index (χ1v) is 8.67. The summed E-state index contributed by atoms with van der Waals surface area (Å²) in [4.78, 5) is 0. The minimum absolute atomic E-state index is 0.650. The Labute approximate surface area is 134 Å². The second kappa shape index (κ2) is 5.58. The molecule has 3 atom stereocenters. The molecule has 1 saturated carbocycles. The summed E-state index contributed by atoms with van der Waals surface area (Å²) in [5.41, 5.74) is 4.55. The molecule has 1 fully saturated rings. The minimum atomic E-state index is 0.650. The molecular weight excluding hydrogens is 322 g/mol. The summed E-state index contributed by atoms with van der Waals surface area (Å²) in [6.07, 6.45) is 4.95. The Bertz CT molecular complexity index is 637. The molecule has 1 nitrogen and oxygen atoms in total. The van der Waals surface area contributed by atoms with Crippen molar-refractivity contribution in [2.24, 2.45) is 0 Å². The van der Waals surface area contributed by atoms with Crippen LogP contribution in [-0.2, 0) is 12.8 Å². The van der Waals surface area contributed by atoms with Crippen LogP contribution in [0.25, 0.3) is 0 Å². The van der Waals surface area contributed by atoms with E-state index >= 15 is 0 Å². The molecule has 0 amide bonds. The minimum Gasteiger partial charge on any atom is -0.310 e. The highest BCUT2D eigenvalue weighted by atomic mass is 79.9. The SMILES string of the molecule is Brc1ccc2c(c1)CCC(NC1CC1c1ccccc1)C2. The number of benzene rings is 2. The molecule has 2 aromatic carbocycles. The Balaban J connectivity index is 1.39. The maximum atomic E-state index is 3.89. The Morgan fingerprint density at radius 1 is 1.00 bits per heavy atom. The van der Waals surface area contributed by atoms with Crippen LogP contribution in [0.1, 0.15) is 35.4 Å². The van der Waals surface area contributed by atoms with Crippen LogP contribution < -0.4 is 5.32 Å². The molecule has 0 saturated heterocycles. The van der Waals surface area contributed by atoms with Crippen molar-refractivity contribution in [3.63, 3.8) is 0 Å². The van der Waals surface area contributed by atoms with Gasteiger partial charge in [-0.2, -0.15) is 0 Å². The van der Waals surface area contributed by atoms with Crippen molar-refractivity contribution in [3.8, 4) is 0 Å². The van der Waals surface area contributed by atoms with Gasteiger partial charge in [-0.3, -0.25) is 0 Å². The third-order valence-corrected chi connectivity index (χ3v) is 5.36. The smallest absolute Gasteiger partial charge is 0.0178 e. The van der Waals surface area contributed by atoms with Gasteiger partial charge in [0.05, 0.1) is 0 Å². The van der Waals surface area contributed by atoms with Crippen LogP contribution in [0.5, 0.6) is 0 Å². The molecule has 1 N–H and O–H groups in total. The Hall–Kier alpha value is -1.12. The van der Waals surface area contributed by atoms with E-state index in [0.29, 0.717) is 12.1 Å². The molecule has 0 aromatic heterocycles. The normalized spacial score (nSPS) is 27.2. The summed E-state index contributed by atoms with van der Waals surface area (Å²) in [6.45, 7) is 0. The second-order valence-electron chi connectivity index (χ2n) is 6.38. The fourth-order valence-corrected chi connectivity index (χ4v) is 4.02. The van der Waals surface area contributed by atoms with E-state index in [0.717, 1.165) is 5.92 Å². The highest BCUT2D eigenvalue weighted by Gasteiger charge is 2.39. The molecule has 2 heteroatoms. The first-order valence-electron chi connectivity index (χ1n) is 7.88. The zero-order valence-corrected chi connectivity index (χ0v) is 13.6. The fraction of sp³-hybridized carbons (Fsp3) is 0.368. The van der Waals surface area contributed by atoms with E-state index in [1.807, 2.05) is 0 Å². The van der Waals surface area contributed by atoms with Gasteiger partial charge in [0.1, 0.15) is 0 Å². The zero-order valence-electron chi connectivity index (χ0n) is 12.1. The van der Waals surface area contributed by atoms with Gasteiger partial charge in [-0.15, -0.1) is 0 Å². The van der Waals surface area contributed by atoms with Crippen molar-refractivity contribution in [1.82, 2.24) is 5.32 Å². The molecule has 2 aromatic rings. The molecule has 2 aliphatic rings. The first-order chi connectivity index (χ1) is 10.3. The van der Waals surface area contributed by atoms with Gasteiger partial charge in [-0.1, -0.05) is 52.3 Å². The van der Waals surface area contributed by atoms with Gasteiger partial charge in [0, 0.05) is 22.5 Å². The van der Waals surface area contributed by atoms with Gasteiger partial charge in [-0.05, 0) is 54.5 Å². The third kappa shape index (κ3) is 2.93. The van der Waals surface area contributed by atoms with Crippen molar-refractivity contribution >= 4 is 15.9 Å². The van der Waals surface area contributed by atoms with Gasteiger partial charge in [0.15, 0.2) is 0 Å². The van der Waals surface area contributed by atoms with Crippen molar-refractivity contribution in [2.75, 3.05) is 0 Å². The van der Waals surface area contributed by atoms with Crippen LogP contribution in [0, 0.1) is 0 Å². The molecule has 2 aliphatic carbocycles. The molecule has 4 rings (SSSR count). The maximum Gasteiger partial charge on any atom is 0.0178 e. The number of rotatable bonds is 3. The average molecular weight is 342 g/mol. The van der Waals surface area contributed by atoms with Crippen LogP contribution in [-0.4, -0.2) is 12.1 Å². The van der Waals surface area contributed by atoms with Gasteiger partial charge in [-0.25, -0.2) is 0 Å². The Morgan fingerprint density at radius 3 is 2.71 bits per heavy atom. The monoisotopic (exact) mass is 341 g/mol. The Morgan fingerprint density at radius 2 is 1.86 bits per heavy atom. The van der Waals surface area contributed by atoms with Crippen molar-refractivity contribution in [2.45, 2.75) is 43.7 Å². The lowest BCUT2D eigenvalue weighted by Crippen LogP contribution is -2.36. The summed E-state index contributed by atoms with van der Waals surface area (Å²) in [6, 6.07) is 19.0. The number of nitrogens with one attached hydrogen (secondary N) is 1. The van der Waals surface area contributed by atoms with Gasteiger partial charge in [0.2, 0.25) is 0 Å². The van der Waals surface area contributed by atoms with Crippen LogP contribution in [0.3, 0.4) is 0 Å². The fourth-order valence-electron chi connectivity index (χ4n) is 3.62. The summed E-state index contributed by atoms with van der Waals surface area (Å²) in [7, 11) is 0. The number of fused-ring (bicyclic) bond motifs is 1. The standard InChI is InChI=1S/C19H20BrN/c20-16-8-6-15-11-17(9-7-14(15)10-16)21-19-12-18(19)13-4-2-1-3-5-13/h1-6,8,10,17-19,21H,7,9,11-12H2. The lowest BCUT2D eigenvalue weighted by atomic mass is 9.88. The summed E-state index contributed by atoms with van der Waals surface area (Å²) in [5.74, 6) is 0.734. The highest BCUT2D eigenvalue weighted by Crippen LogP contribution is 2.41. The van der Waals surface area contributed by atoms with E-state index < -0.39 is 0 Å². The Kier molecular flexibility index (Phi) is 3.60. The first kappa shape index (κ1) is 13.5. The largest absolute Gasteiger partial charge is 0.310 e. The summed E-state index contributed by atoms with van der Waals surface area (Å²) < 4.78 is 1.21. The van der Waals surface area contributed by atoms with Crippen molar-refractivity contribution < 1.29 is 0 Å². The van der Waals surface area contributed by atoms with Gasteiger partial charge in [0.25, 0.3) is 0 Å². The molecule has 108 valence electrons. The molecule has 0 aliphatic heterocycles. The lowest BCUT2D eigenvalue weighted by molar-refractivity contribution is 0.452. The second-order valence-corrected chi connectivity index (χ2v) is 7.29. The predicted molar refractivity (Wildman–Crippen MR) is 90.7 cm³/mol. The summed E-state index contributed by atoms with van der Waals surface area (Å²) >= 11 is 3.57. The predicted octanol–water partition coefficient (Wildman–Crippen LogP) is 4.45. The topological polar surface area (TPSA) is 12.0 Å². The number of hydrogen-bond donors (Lipinski definition) is 1. The van der Waals surface area contributed by atoms with Crippen LogP contribution in [0.2, 0.25) is 0 Å². The van der Waals surface area contributed by atoms with Gasteiger partial charge < -0.3 is 5.32 Å². The summed E-state index contributed by atoms with van der Waals surface area (Å²) in [5, 5.41) is 3.89. The van der Waals surface area contributed by atoms with E-state index in [2.05, 4.69) is 69.8 Å². The quantitative estimate of drug-likeness (QED) is 0.869. The van der Waals surface area contributed by atoms with E-state index in [1.165, 1.54) is 46.8 Å². The van der Waals surface area contributed by atoms with Crippen LogP contribution in [0.15, 0.2) is 53.0 Å². The van der Waals surface area contributed by atoms with E-state index in [1.54, 1.807) is 0 Å². The molecule has 3 unspecified atom stereocenters. The van der Waals surface area contributed by atoms with Crippen LogP contribution >= 0.6 is 15.9 Å². The van der Waals surface area contributed by atoms with E-state index in [9.17, 15) is 0 Å². The van der Waals surface area contributed by atoms with E-state index in [4.69, 9.17) is 0 Å². The molecule has 0 spiro atoms. The molecule has 0 heterocycles.